The Labute approximate surface area is 373 Å². The van der Waals surface area contributed by atoms with Gasteiger partial charge in [0.05, 0.1) is 35.6 Å². The number of allylic oxidation sites excluding steroid dienone is 2. The molecule has 0 unspecified atom stereocenters. The summed E-state index contributed by atoms with van der Waals surface area (Å²) < 4.78 is 19.6. The average Bonchev–Trinajstić information content (AvgIpc) is 4.06. The Morgan fingerprint density at radius 1 is 0.708 bits per heavy atom. The first kappa shape index (κ1) is 43.9. The van der Waals surface area contributed by atoms with Crippen LogP contribution in [-0.2, 0) is 26.2 Å². The van der Waals surface area contributed by atoms with E-state index in [4.69, 9.17) is 36.8 Å². The van der Waals surface area contributed by atoms with Crippen molar-refractivity contribution >= 4 is 63.4 Å². The summed E-state index contributed by atoms with van der Waals surface area (Å²) in [5.74, 6) is 5.21. The molecule has 0 bridgehead atoms. The second-order valence-electron chi connectivity index (χ2n) is 16.1. The van der Waals surface area contributed by atoms with Crippen LogP contribution < -0.4 is 42.7 Å². The molecule has 2 aliphatic rings. The summed E-state index contributed by atoms with van der Waals surface area (Å²) in [6, 6.07) is 9.81. The van der Waals surface area contributed by atoms with Crippen molar-refractivity contribution < 1.29 is 28.7 Å². The summed E-state index contributed by atoms with van der Waals surface area (Å²) in [5, 5.41) is 21.6. The van der Waals surface area contributed by atoms with Crippen LogP contribution in [0.2, 0.25) is 0 Å². The van der Waals surface area contributed by atoms with E-state index in [9.17, 15) is 19.2 Å². The van der Waals surface area contributed by atoms with Gasteiger partial charge in [-0.2, -0.15) is 15.3 Å². The number of carbonyl (C=O) groups excluding carboxylic acids is 4. The lowest BCUT2D eigenvalue weighted by Gasteiger charge is -2.28. The highest BCUT2D eigenvalue weighted by Gasteiger charge is 2.28. The third kappa shape index (κ3) is 9.06. The summed E-state index contributed by atoms with van der Waals surface area (Å²) in [4.78, 5) is 63.8. The molecule has 0 radical (unpaired) electrons. The van der Waals surface area contributed by atoms with Gasteiger partial charge in [-0.1, -0.05) is 12.2 Å². The first-order valence-corrected chi connectivity index (χ1v) is 21.7. The number of hydrogen-bond acceptors (Lipinski definition) is 12. The van der Waals surface area contributed by atoms with Crippen molar-refractivity contribution in [2.45, 2.75) is 92.0 Å². The van der Waals surface area contributed by atoms with Gasteiger partial charge in [-0.05, 0) is 89.8 Å². The zero-order chi connectivity index (χ0) is 45.9. The van der Waals surface area contributed by atoms with Gasteiger partial charge in [0, 0.05) is 55.7 Å². The Morgan fingerprint density at radius 2 is 1.20 bits per heavy atom. The van der Waals surface area contributed by atoms with Crippen LogP contribution in [0.15, 0.2) is 53.7 Å². The standard InChI is InChI=1S/C44H53N15O6/c1-5-58-32(18-24(3)54-58)41(62)51-43-49-30-20-27(39(46)60)22-34-36(30)56(43)14-7-8-15-57-37-31(50-44(57)52-42(63)33-19-25(4)55-59(33)6-2)21-28(23-35(37)65-17-9-16-64-34)40(61)48-29-12-10-26(11-13-29)38(45)53-47/h7-8,18-23,26,29H,5-6,9-17,47H2,1-4H3,(H2,45,53)(H2,46,60)(H,48,61)(H,49,51,62)(H,50,52,63)/b8-7+. The van der Waals surface area contributed by atoms with Crippen molar-refractivity contribution in [1.29, 1.82) is 0 Å². The van der Waals surface area contributed by atoms with Crippen LogP contribution in [-0.4, -0.2) is 87.4 Å². The first-order valence-electron chi connectivity index (χ1n) is 21.7. The van der Waals surface area contributed by atoms with Crippen molar-refractivity contribution in [2.24, 2.45) is 28.3 Å². The predicted octanol–water partition coefficient (Wildman–Crippen LogP) is 3.98. The number of nitrogens with two attached hydrogens (primary N) is 3. The van der Waals surface area contributed by atoms with Gasteiger partial charge in [0.25, 0.3) is 17.7 Å². The van der Waals surface area contributed by atoms with Gasteiger partial charge in [0.1, 0.15) is 39.8 Å². The van der Waals surface area contributed by atoms with E-state index in [0.717, 1.165) is 12.8 Å². The Bertz CT molecular complexity index is 2870. The number of carbonyl (C=O) groups is 4. The summed E-state index contributed by atoms with van der Waals surface area (Å²) in [5.41, 5.74) is 16.2. The molecule has 1 fully saturated rings. The maximum Gasteiger partial charge on any atom is 0.276 e. The number of amidine groups is 1. The number of benzene rings is 2. The Morgan fingerprint density at radius 3 is 1.68 bits per heavy atom. The highest BCUT2D eigenvalue weighted by atomic mass is 16.5. The minimum atomic E-state index is -0.674. The van der Waals surface area contributed by atoms with E-state index in [-0.39, 0.29) is 61.6 Å². The Hall–Kier alpha value is -7.71. The number of aryl methyl sites for hydroxylation is 4. The number of hydrogen-bond donors (Lipinski definition) is 6. The number of ether oxygens (including phenoxy) is 2. The largest absolute Gasteiger partial charge is 0.491 e. The number of primary amides is 1. The molecule has 4 aromatic heterocycles. The van der Waals surface area contributed by atoms with Gasteiger partial charge in [-0.15, -0.1) is 0 Å². The smallest absolute Gasteiger partial charge is 0.276 e. The van der Waals surface area contributed by atoms with Crippen molar-refractivity contribution in [2.75, 3.05) is 23.8 Å². The number of aromatic nitrogens is 8. The Balaban J connectivity index is 1.18. The SMILES string of the molecule is CCn1nc(C)cc1C(=O)Nc1nc2cc(C(N)=O)cc3c2n1C/C=C/Cn1c(NC(=O)c2cc(C)nn2CC)nc2cc(C(=O)NC4CCC(/C(N)=N/N)CC4)cc(c21)OCCCO3. The fourth-order valence-corrected chi connectivity index (χ4v) is 8.46. The normalized spacial score (nSPS) is 17.4. The molecule has 0 atom stereocenters. The van der Waals surface area contributed by atoms with E-state index >= 15 is 0 Å². The molecule has 1 saturated carbocycles. The van der Waals surface area contributed by atoms with Crippen LogP contribution >= 0.6 is 0 Å². The molecule has 6 aromatic rings. The zero-order valence-corrected chi connectivity index (χ0v) is 36.8. The molecule has 8 rings (SSSR count). The fourth-order valence-electron chi connectivity index (χ4n) is 8.46. The number of anilines is 2. The monoisotopic (exact) mass is 887 g/mol. The Kier molecular flexibility index (Phi) is 12.5. The van der Waals surface area contributed by atoms with Crippen molar-refractivity contribution in [3.05, 3.63) is 82.5 Å². The van der Waals surface area contributed by atoms with E-state index < -0.39 is 17.7 Å². The average molecular weight is 888 g/mol. The molecule has 65 heavy (non-hydrogen) atoms. The summed E-state index contributed by atoms with van der Waals surface area (Å²) in [6.45, 7) is 9.05. The summed E-state index contributed by atoms with van der Waals surface area (Å²) in [6.07, 6.45) is 7.02. The molecule has 0 spiro atoms. The number of hydrazone groups is 1. The third-order valence-electron chi connectivity index (χ3n) is 11.7. The molecular formula is C44H53N15O6. The van der Waals surface area contributed by atoms with Crippen molar-refractivity contribution in [3.63, 3.8) is 0 Å². The molecular weight excluding hydrogens is 835 g/mol. The number of nitrogens with zero attached hydrogens (tertiary/aromatic N) is 9. The van der Waals surface area contributed by atoms with Gasteiger partial charge in [0.2, 0.25) is 17.8 Å². The van der Waals surface area contributed by atoms with Crippen molar-refractivity contribution in [3.8, 4) is 11.5 Å². The van der Waals surface area contributed by atoms with Gasteiger partial charge < -0.3 is 41.2 Å². The van der Waals surface area contributed by atoms with Crippen LogP contribution in [0.25, 0.3) is 22.1 Å². The van der Waals surface area contributed by atoms with Crippen LogP contribution in [0.1, 0.15) is 99.0 Å². The third-order valence-corrected chi connectivity index (χ3v) is 11.7. The lowest BCUT2D eigenvalue weighted by molar-refractivity contribution is 0.0923. The van der Waals surface area contributed by atoms with Crippen LogP contribution in [0.3, 0.4) is 0 Å². The van der Waals surface area contributed by atoms with E-state index in [1.54, 1.807) is 50.3 Å². The molecule has 0 saturated heterocycles. The first-order chi connectivity index (χ1) is 31.3. The van der Waals surface area contributed by atoms with Gasteiger partial charge in [-0.25, -0.2) is 9.97 Å². The molecule has 5 heterocycles. The molecule has 21 nitrogen and oxygen atoms in total. The molecule has 340 valence electrons. The maximum atomic E-state index is 13.9. The minimum Gasteiger partial charge on any atom is -0.491 e. The van der Waals surface area contributed by atoms with Crippen LogP contribution in [0, 0.1) is 19.8 Å². The summed E-state index contributed by atoms with van der Waals surface area (Å²) in [7, 11) is 0. The lowest BCUT2D eigenvalue weighted by atomic mass is 9.85. The summed E-state index contributed by atoms with van der Waals surface area (Å²) >= 11 is 0. The molecule has 2 aromatic carbocycles. The van der Waals surface area contributed by atoms with E-state index in [1.807, 2.05) is 44.4 Å². The van der Waals surface area contributed by atoms with Gasteiger partial charge >= 0.3 is 0 Å². The maximum absolute atomic E-state index is 13.9. The number of imidazole rings is 2. The predicted molar refractivity (Wildman–Crippen MR) is 243 cm³/mol. The number of rotatable bonds is 10. The van der Waals surface area contributed by atoms with E-state index in [2.05, 4.69) is 31.2 Å². The molecule has 1 aliphatic heterocycles. The zero-order valence-electron chi connectivity index (χ0n) is 36.8. The highest BCUT2D eigenvalue weighted by Crippen LogP contribution is 2.34. The van der Waals surface area contributed by atoms with Gasteiger partial charge in [0.15, 0.2) is 0 Å². The highest BCUT2D eigenvalue weighted by molar-refractivity contribution is 6.05. The number of amides is 4. The van der Waals surface area contributed by atoms with Crippen LogP contribution in [0.4, 0.5) is 11.9 Å². The molecule has 1 aliphatic carbocycles. The topological polar surface area (TPSA) is 285 Å². The molecule has 9 N–H and O–H groups in total. The second-order valence-corrected chi connectivity index (χ2v) is 16.1. The molecule has 21 heteroatoms. The van der Waals surface area contributed by atoms with Gasteiger partial charge in [-0.3, -0.25) is 39.2 Å². The lowest BCUT2D eigenvalue weighted by Crippen LogP contribution is -2.40. The number of nitrogens with one attached hydrogen (secondary N) is 3. The van der Waals surface area contributed by atoms with E-state index in [1.165, 1.54) is 0 Å². The molecule has 4 amide bonds. The van der Waals surface area contributed by atoms with Crippen molar-refractivity contribution in [1.82, 2.24) is 44.0 Å². The van der Waals surface area contributed by atoms with Crippen LogP contribution in [0.5, 0.6) is 11.5 Å². The minimum absolute atomic E-state index is 0.0683. The quantitative estimate of drug-likeness (QED) is 0.0375. The van der Waals surface area contributed by atoms with E-state index in [0.29, 0.717) is 100 Å². The second kappa shape index (κ2) is 18.6. The fraction of sp³-hybridized carbons (Fsp3) is 0.386.